The quantitative estimate of drug-likeness (QED) is 0.415. The van der Waals surface area contributed by atoms with Crippen molar-refractivity contribution in [1.29, 1.82) is 0 Å². The van der Waals surface area contributed by atoms with E-state index < -0.39 is 17.9 Å². The number of hydrogen-bond donors (Lipinski definition) is 3. The van der Waals surface area contributed by atoms with Gasteiger partial charge in [-0.1, -0.05) is 42.0 Å². The molecule has 0 radical (unpaired) electrons. The zero-order valence-electron chi connectivity index (χ0n) is 21.1. The fraction of sp³-hybridized carbons (Fsp3) is 0.333. The van der Waals surface area contributed by atoms with Gasteiger partial charge < -0.3 is 21.5 Å². The van der Waals surface area contributed by atoms with Crippen molar-refractivity contribution in [1.82, 2.24) is 9.69 Å². The van der Waals surface area contributed by atoms with Crippen LogP contribution >= 0.6 is 11.5 Å². The summed E-state index contributed by atoms with van der Waals surface area (Å²) in [7, 11) is 0. The van der Waals surface area contributed by atoms with Crippen molar-refractivity contribution >= 4 is 40.6 Å². The number of rotatable bonds is 8. The Hall–Kier alpha value is -3.76. The lowest BCUT2D eigenvalue weighted by molar-refractivity contribution is -0.123. The Kier molecular flexibility index (Phi) is 7.89. The number of nitrogen functional groups attached to an aromatic ring is 1. The molecule has 3 amide bonds. The molecule has 1 aromatic heterocycles. The lowest BCUT2D eigenvalue weighted by Crippen LogP contribution is -2.46. The molecular weight excluding hydrogens is 490 g/mol. The van der Waals surface area contributed by atoms with E-state index in [0.717, 1.165) is 41.1 Å². The number of nitrogens with one attached hydrogen (secondary N) is 1. The average molecular weight is 522 g/mol. The standard InChI is InChI=1S/C27H31N5O4S/c1-15-9-11-18(12-10-15)23(26(34)30-14-19-7-5-13-36-19)32(20-8-4-6-16(2)17(20)3)27(35)24-21(28)22(25(29)33)31-37-24/h4,6,8-12,19,23H,5,7,13-14,28H2,1-3H3,(H2,29,33)(H,30,34)/t19-,23+/m1/s1. The number of aromatic nitrogens is 1. The van der Waals surface area contributed by atoms with Crippen LogP contribution in [0.2, 0.25) is 0 Å². The first-order chi connectivity index (χ1) is 17.7. The van der Waals surface area contributed by atoms with Gasteiger partial charge >= 0.3 is 0 Å². The largest absolute Gasteiger partial charge is 0.395 e. The predicted octanol–water partition coefficient (Wildman–Crippen LogP) is 3.43. The Labute approximate surface area is 220 Å². The van der Waals surface area contributed by atoms with E-state index in [-0.39, 0.29) is 28.3 Å². The topological polar surface area (TPSA) is 141 Å². The maximum atomic E-state index is 14.2. The van der Waals surface area contributed by atoms with Gasteiger partial charge in [0.05, 0.1) is 11.8 Å². The van der Waals surface area contributed by atoms with E-state index in [0.29, 0.717) is 24.4 Å². The summed E-state index contributed by atoms with van der Waals surface area (Å²) in [6.45, 7) is 6.79. The first kappa shape index (κ1) is 26.3. The van der Waals surface area contributed by atoms with Crippen LogP contribution in [0.4, 0.5) is 11.4 Å². The number of ether oxygens (including phenoxy) is 1. The fourth-order valence-electron chi connectivity index (χ4n) is 4.38. The number of anilines is 2. The van der Waals surface area contributed by atoms with Gasteiger partial charge in [-0.25, -0.2) is 0 Å². The van der Waals surface area contributed by atoms with E-state index in [4.69, 9.17) is 16.2 Å². The molecule has 0 bridgehead atoms. The minimum Gasteiger partial charge on any atom is -0.395 e. The molecule has 2 aromatic carbocycles. The second-order valence-electron chi connectivity index (χ2n) is 9.23. The van der Waals surface area contributed by atoms with Crippen molar-refractivity contribution < 1.29 is 19.1 Å². The zero-order chi connectivity index (χ0) is 26.7. The van der Waals surface area contributed by atoms with Crippen molar-refractivity contribution in [3.63, 3.8) is 0 Å². The molecule has 2 heterocycles. The number of primary amides is 1. The monoisotopic (exact) mass is 521 g/mol. The Bertz CT molecular complexity index is 1310. The third kappa shape index (κ3) is 5.50. The lowest BCUT2D eigenvalue weighted by Gasteiger charge is -2.33. The number of nitrogens with two attached hydrogens (primary N) is 2. The van der Waals surface area contributed by atoms with Gasteiger partial charge in [-0.2, -0.15) is 4.37 Å². The highest BCUT2D eigenvalue weighted by molar-refractivity contribution is 7.09. The van der Waals surface area contributed by atoms with Crippen LogP contribution in [0.1, 0.15) is 61.3 Å². The molecule has 10 heteroatoms. The Morgan fingerprint density at radius 2 is 1.89 bits per heavy atom. The Morgan fingerprint density at radius 3 is 2.51 bits per heavy atom. The van der Waals surface area contributed by atoms with Gasteiger partial charge in [0.25, 0.3) is 11.8 Å². The van der Waals surface area contributed by atoms with Crippen LogP contribution in [0.5, 0.6) is 0 Å². The highest BCUT2D eigenvalue weighted by atomic mass is 32.1. The number of aryl methyl sites for hydroxylation is 2. The summed E-state index contributed by atoms with van der Waals surface area (Å²) in [6.07, 6.45) is 1.74. The minimum atomic E-state index is -1.02. The predicted molar refractivity (Wildman–Crippen MR) is 144 cm³/mol. The van der Waals surface area contributed by atoms with Crippen LogP contribution in [-0.4, -0.2) is 41.4 Å². The molecule has 0 saturated carbocycles. The van der Waals surface area contributed by atoms with E-state index in [1.807, 2.05) is 57.2 Å². The summed E-state index contributed by atoms with van der Waals surface area (Å²) in [5.74, 6) is -1.73. The van der Waals surface area contributed by atoms with Crippen molar-refractivity contribution in [3.8, 4) is 0 Å². The van der Waals surface area contributed by atoms with Gasteiger partial charge in [0, 0.05) is 18.8 Å². The molecule has 2 atom stereocenters. The molecule has 0 aliphatic carbocycles. The first-order valence-corrected chi connectivity index (χ1v) is 12.9. The third-order valence-corrected chi connectivity index (χ3v) is 7.49. The molecule has 0 spiro atoms. The van der Waals surface area contributed by atoms with Crippen LogP contribution in [-0.2, 0) is 9.53 Å². The van der Waals surface area contributed by atoms with Gasteiger partial charge in [0.1, 0.15) is 10.9 Å². The molecule has 37 heavy (non-hydrogen) atoms. The van der Waals surface area contributed by atoms with E-state index in [1.165, 1.54) is 4.90 Å². The molecule has 1 aliphatic rings. The molecule has 1 fully saturated rings. The van der Waals surface area contributed by atoms with Crippen LogP contribution < -0.4 is 21.7 Å². The van der Waals surface area contributed by atoms with Crippen molar-refractivity contribution in [2.75, 3.05) is 23.8 Å². The van der Waals surface area contributed by atoms with Gasteiger partial charge in [-0.05, 0) is 67.9 Å². The molecule has 3 aromatic rings. The Balaban J connectivity index is 1.85. The molecule has 1 aliphatic heterocycles. The van der Waals surface area contributed by atoms with Crippen LogP contribution in [0.3, 0.4) is 0 Å². The molecule has 194 valence electrons. The van der Waals surface area contributed by atoms with Crippen LogP contribution in [0.25, 0.3) is 0 Å². The molecule has 4 rings (SSSR count). The fourth-order valence-corrected chi connectivity index (χ4v) is 5.13. The summed E-state index contributed by atoms with van der Waals surface area (Å²) in [6, 6.07) is 12.0. The number of benzene rings is 2. The Morgan fingerprint density at radius 1 is 1.16 bits per heavy atom. The van der Waals surface area contributed by atoms with Crippen molar-refractivity contribution in [2.45, 2.75) is 45.8 Å². The zero-order valence-corrected chi connectivity index (χ0v) is 21.9. The lowest BCUT2D eigenvalue weighted by atomic mass is 9.99. The van der Waals surface area contributed by atoms with Gasteiger partial charge in [-0.3, -0.25) is 19.3 Å². The molecule has 5 N–H and O–H groups in total. The minimum absolute atomic E-state index is 0.0405. The summed E-state index contributed by atoms with van der Waals surface area (Å²) in [5, 5.41) is 2.99. The van der Waals surface area contributed by atoms with E-state index >= 15 is 0 Å². The summed E-state index contributed by atoms with van der Waals surface area (Å²) in [4.78, 5) is 41.3. The van der Waals surface area contributed by atoms with E-state index in [2.05, 4.69) is 9.69 Å². The first-order valence-electron chi connectivity index (χ1n) is 12.1. The van der Waals surface area contributed by atoms with Gasteiger partial charge in [0.15, 0.2) is 5.69 Å². The number of carbonyl (C=O) groups is 3. The average Bonchev–Trinajstić information content (AvgIpc) is 3.53. The van der Waals surface area contributed by atoms with E-state index in [9.17, 15) is 14.4 Å². The van der Waals surface area contributed by atoms with Gasteiger partial charge in [0.2, 0.25) is 5.91 Å². The molecular formula is C27H31N5O4S. The second-order valence-corrected chi connectivity index (χ2v) is 10.00. The highest BCUT2D eigenvalue weighted by Gasteiger charge is 2.37. The highest BCUT2D eigenvalue weighted by Crippen LogP contribution is 2.35. The number of hydrogen-bond acceptors (Lipinski definition) is 7. The number of nitrogens with zero attached hydrogens (tertiary/aromatic N) is 2. The summed E-state index contributed by atoms with van der Waals surface area (Å²) >= 11 is 0.787. The maximum Gasteiger partial charge on any atom is 0.273 e. The molecule has 9 nitrogen and oxygen atoms in total. The number of amides is 3. The molecule has 0 unspecified atom stereocenters. The summed E-state index contributed by atoms with van der Waals surface area (Å²) in [5.41, 5.74) is 15.3. The second kappa shape index (κ2) is 11.1. The smallest absolute Gasteiger partial charge is 0.273 e. The normalized spacial score (nSPS) is 15.8. The SMILES string of the molecule is Cc1ccc([C@@H](C(=O)NC[C@H]2CCCO2)N(C(=O)c2snc(C(N)=O)c2N)c2cccc(C)c2C)cc1. The summed E-state index contributed by atoms with van der Waals surface area (Å²) < 4.78 is 9.69. The van der Waals surface area contributed by atoms with Crippen LogP contribution in [0.15, 0.2) is 42.5 Å². The van der Waals surface area contributed by atoms with E-state index in [1.54, 1.807) is 6.07 Å². The third-order valence-electron chi connectivity index (χ3n) is 6.64. The van der Waals surface area contributed by atoms with Crippen molar-refractivity contribution in [3.05, 3.63) is 75.3 Å². The van der Waals surface area contributed by atoms with Crippen molar-refractivity contribution in [2.24, 2.45) is 5.73 Å². The molecule has 1 saturated heterocycles. The van der Waals surface area contributed by atoms with Gasteiger partial charge in [-0.15, -0.1) is 0 Å². The number of carbonyl (C=O) groups excluding carboxylic acids is 3. The maximum absolute atomic E-state index is 14.2. The van der Waals surface area contributed by atoms with Crippen LogP contribution in [0, 0.1) is 20.8 Å².